The number of nitrogens with two attached hydrogens (primary N) is 1. The summed E-state index contributed by atoms with van der Waals surface area (Å²) in [5.41, 5.74) is 7.88. The van der Waals surface area contributed by atoms with Crippen LogP contribution in [0.5, 0.6) is 0 Å². The van der Waals surface area contributed by atoms with Crippen molar-refractivity contribution < 1.29 is 9.59 Å². The van der Waals surface area contributed by atoms with Crippen molar-refractivity contribution in [2.24, 2.45) is 5.73 Å². The van der Waals surface area contributed by atoms with Crippen LogP contribution in [0.2, 0.25) is 0 Å². The van der Waals surface area contributed by atoms with Crippen molar-refractivity contribution in [2.75, 3.05) is 18.9 Å². The highest BCUT2D eigenvalue weighted by Crippen LogP contribution is 2.30. The van der Waals surface area contributed by atoms with Crippen LogP contribution in [-0.2, 0) is 11.2 Å². The first-order valence-electron chi connectivity index (χ1n) is 7.43. The van der Waals surface area contributed by atoms with Crippen LogP contribution < -0.4 is 11.1 Å². The van der Waals surface area contributed by atoms with Crippen LogP contribution in [0.25, 0.3) is 0 Å². The molecule has 6 nitrogen and oxygen atoms in total. The lowest BCUT2D eigenvalue weighted by molar-refractivity contribution is -0.123. The molecule has 0 saturated heterocycles. The molecule has 0 spiro atoms. The molecule has 23 heavy (non-hydrogen) atoms. The Bertz CT molecular complexity index is 743. The minimum Gasteiger partial charge on any atom is -0.373 e. The number of fused-ring (bicyclic) bond motifs is 1. The number of hydrogen-bond donors (Lipinski definition) is 2. The Labute approximate surface area is 134 Å². The van der Waals surface area contributed by atoms with Crippen molar-refractivity contribution >= 4 is 17.6 Å². The van der Waals surface area contributed by atoms with Crippen molar-refractivity contribution in [1.82, 2.24) is 9.88 Å². The summed E-state index contributed by atoms with van der Waals surface area (Å²) in [6.07, 6.45) is 2.21. The number of carbonyl (C=O) groups excluding carboxylic acids is 2. The summed E-state index contributed by atoms with van der Waals surface area (Å²) in [6.45, 7) is 0.456. The van der Waals surface area contributed by atoms with Crippen LogP contribution in [-0.4, -0.2) is 35.3 Å². The third-order valence-corrected chi connectivity index (χ3v) is 4.08. The number of anilines is 1. The summed E-state index contributed by atoms with van der Waals surface area (Å²) < 4.78 is 0. The van der Waals surface area contributed by atoms with Gasteiger partial charge in [0, 0.05) is 19.8 Å². The Kier molecular flexibility index (Phi) is 3.97. The smallest absolute Gasteiger partial charge is 0.256 e. The van der Waals surface area contributed by atoms with E-state index in [9.17, 15) is 9.59 Å². The van der Waals surface area contributed by atoms with Crippen LogP contribution in [0.4, 0.5) is 5.82 Å². The van der Waals surface area contributed by atoms with E-state index in [2.05, 4.69) is 10.3 Å². The zero-order valence-electron chi connectivity index (χ0n) is 12.8. The van der Waals surface area contributed by atoms with E-state index < -0.39 is 11.9 Å². The predicted molar refractivity (Wildman–Crippen MR) is 86.9 cm³/mol. The van der Waals surface area contributed by atoms with Gasteiger partial charge in [-0.25, -0.2) is 4.98 Å². The number of nitrogens with one attached hydrogen (secondary N) is 1. The maximum Gasteiger partial charge on any atom is 0.256 e. The van der Waals surface area contributed by atoms with Gasteiger partial charge >= 0.3 is 0 Å². The topological polar surface area (TPSA) is 88.3 Å². The van der Waals surface area contributed by atoms with E-state index >= 15 is 0 Å². The normalized spacial score (nSPS) is 16.6. The average Bonchev–Trinajstić information content (AvgIpc) is 2.60. The third kappa shape index (κ3) is 2.75. The van der Waals surface area contributed by atoms with E-state index in [4.69, 9.17) is 5.73 Å². The number of amides is 2. The molecule has 3 rings (SSSR count). The molecule has 0 aliphatic carbocycles. The second kappa shape index (κ2) is 6.08. The molecule has 1 unspecified atom stereocenters. The molecule has 1 aromatic carbocycles. The second-order valence-electron chi connectivity index (χ2n) is 5.43. The Hall–Kier alpha value is -2.89. The number of primary amides is 1. The summed E-state index contributed by atoms with van der Waals surface area (Å²) in [6, 6.07) is 10.3. The Morgan fingerprint density at radius 1 is 1.26 bits per heavy atom. The molecular weight excluding hydrogens is 292 g/mol. The largest absolute Gasteiger partial charge is 0.373 e. The summed E-state index contributed by atoms with van der Waals surface area (Å²) in [5.74, 6) is -0.0826. The van der Waals surface area contributed by atoms with Crippen molar-refractivity contribution in [3.63, 3.8) is 0 Å². The van der Waals surface area contributed by atoms with Gasteiger partial charge in [0.25, 0.3) is 5.91 Å². The van der Waals surface area contributed by atoms with E-state index in [0.717, 1.165) is 11.1 Å². The molecule has 2 heterocycles. The van der Waals surface area contributed by atoms with E-state index in [1.165, 1.54) is 11.1 Å². The lowest BCUT2D eigenvalue weighted by Crippen LogP contribution is -2.45. The molecule has 3 N–H and O–H groups in total. The number of pyridine rings is 1. The predicted octanol–water partition coefficient (Wildman–Crippen LogP) is 1.35. The number of carbonyl (C=O) groups is 2. The molecule has 0 radical (unpaired) electrons. The summed E-state index contributed by atoms with van der Waals surface area (Å²) in [7, 11) is 1.76. The second-order valence-corrected chi connectivity index (χ2v) is 5.43. The van der Waals surface area contributed by atoms with Gasteiger partial charge in [0.05, 0.1) is 5.56 Å². The van der Waals surface area contributed by atoms with Crippen molar-refractivity contribution in [3.8, 4) is 0 Å². The van der Waals surface area contributed by atoms with Crippen LogP contribution in [0.3, 0.4) is 0 Å². The third-order valence-electron chi connectivity index (χ3n) is 4.08. The van der Waals surface area contributed by atoms with E-state index in [1.807, 2.05) is 24.3 Å². The fraction of sp³-hybridized carbons (Fsp3) is 0.235. The number of hydrogen-bond acceptors (Lipinski definition) is 4. The summed E-state index contributed by atoms with van der Waals surface area (Å²) >= 11 is 0. The first-order valence-corrected chi connectivity index (χ1v) is 7.43. The number of aromatic nitrogens is 1. The van der Waals surface area contributed by atoms with Crippen LogP contribution in [0.1, 0.15) is 27.5 Å². The maximum absolute atomic E-state index is 12.8. The molecule has 1 aliphatic heterocycles. The fourth-order valence-electron chi connectivity index (χ4n) is 2.93. The highest BCUT2D eigenvalue weighted by atomic mass is 16.2. The number of benzene rings is 1. The van der Waals surface area contributed by atoms with Crippen LogP contribution in [0.15, 0.2) is 42.6 Å². The first-order chi connectivity index (χ1) is 11.1. The molecule has 6 heteroatoms. The Morgan fingerprint density at radius 3 is 2.70 bits per heavy atom. The fourth-order valence-corrected chi connectivity index (χ4v) is 2.93. The van der Waals surface area contributed by atoms with Gasteiger partial charge in [0.15, 0.2) is 0 Å². The molecule has 0 saturated carbocycles. The van der Waals surface area contributed by atoms with Crippen LogP contribution >= 0.6 is 0 Å². The summed E-state index contributed by atoms with van der Waals surface area (Å²) in [4.78, 5) is 30.4. The monoisotopic (exact) mass is 310 g/mol. The quantitative estimate of drug-likeness (QED) is 0.895. The highest BCUT2D eigenvalue weighted by molar-refractivity contribution is 5.98. The first kappa shape index (κ1) is 15.0. The maximum atomic E-state index is 12.8. The lowest BCUT2D eigenvalue weighted by Gasteiger charge is -2.35. The van der Waals surface area contributed by atoms with Gasteiger partial charge in [-0.1, -0.05) is 24.3 Å². The van der Waals surface area contributed by atoms with Gasteiger partial charge in [0.1, 0.15) is 11.9 Å². The van der Waals surface area contributed by atoms with Crippen molar-refractivity contribution in [2.45, 2.75) is 12.5 Å². The molecule has 0 bridgehead atoms. The molecule has 0 fully saturated rings. The average molecular weight is 310 g/mol. The number of nitrogens with zero attached hydrogens (tertiary/aromatic N) is 2. The minimum absolute atomic E-state index is 0.238. The van der Waals surface area contributed by atoms with Gasteiger partial charge in [-0.3, -0.25) is 9.59 Å². The zero-order valence-corrected chi connectivity index (χ0v) is 12.8. The van der Waals surface area contributed by atoms with Gasteiger partial charge in [-0.2, -0.15) is 0 Å². The Balaban J connectivity index is 1.95. The van der Waals surface area contributed by atoms with Crippen molar-refractivity contribution in [1.29, 1.82) is 0 Å². The van der Waals surface area contributed by atoms with E-state index in [0.29, 0.717) is 24.3 Å². The minimum atomic E-state index is -0.739. The standard InChI is InChI=1S/C17H18N4O2/c1-19-14-7-6-12(10-20-14)17(23)21-9-8-11-4-2-3-5-13(11)15(21)16(18)22/h2-7,10,15H,8-9H2,1H3,(H2,18,22)(H,19,20). The van der Waals surface area contributed by atoms with Gasteiger partial charge in [0.2, 0.25) is 5.91 Å². The highest BCUT2D eigenvalue weighted by Gasteiger charge is 2.34. The molecule has 1 aromatic heterocycles. The summed E-state index contributed by atoms with van der Waals surface area (Å²) in [5, 5.41) is 2.90. The van der Waals surface area contributed by atoms with E-state index in [1.54, 1.807) is 19.2 Å². The zero-order chi connectivity index (χ0) is 16.4. The number of rotatable bonds is 3. The molecule has 1 atom stereocenters. The molecule has 118 valence electrons. The molecular formula is C17H18N4O2. The van der Waals surface area contributed by atoms with Crippen molar-refractivity contribution in [3.05, 3.63) is 59.3 Å². The van der Waals surface area contributed by atoms with Gasteiger partial charge in [-0.15, -0.1) is 0 Å². The molecule has 2 aromatic rings. The Morgan fingerprint density at radius 2 is 2.04 bits per heavy atom. The van der Waals surface area contributed by atoms with Gasteiger partial charge in [-0.05, 0) is 29.7 Å². The lowest BCUT2D eigenvalue weighted by atomic mass is 9.91. The van der Waals surface area contributed by atoms with E-state index in [-0.39, 0.29) is 5.91 Å². The molecule has 1 aliphatic rings. The molecule has 2 amide bonds. The van der Waals surface area contributed by atoms with Crippen LogP contribution in [0, 0.1) is 0 Å². The SMILES string of the molecule is CNc1ccc(C(=O)N2CCc3ccccc3C2C(N)=O)cn1. The van der Waals surface area contributed by atoms with Gasteiger partial charge < -0.3 is 16.0 Å².